The lowest BCUT2D eigenvalue weighted by Crippen LogP contribution is -2.37. The summed E-state index contributed by atoms with van der Waals surface area (Å²) < 4.78 is 5.58. The van der Waals surface area contributed by atoms with Gasteiger partial charge in [0.2, 0.25) is 0 Å². The third kappa shape index (κ3) is 6.98. The van der Waals surface area contributed by atoms with Gasteiger partial charge in [-0.05, 0) is 48.9 Å². The van der Waals surface area contributed by atoms with Crippen LogP contribution >= 0.6 is 46.6 Å². The van der Waals surface area contributed by atoms with Crippen LogP contribution in [0.25, 0.3) is 0 Å². The van der Waals surface area contributed by atoms with Crippen LogP contribution in [-0.2, 0) is 10.5 Å². The smallest absolute Gasteiger partial charge is 0.260 e. The summed E-state index contributed by atoms with van der Waals surface area (Å²) in [6.45, 7) is 2.27. The van der Waals surface area contributed by atoms with E-state index < -0.39 is 6.10 Å². The summed E-state index contributed by atoms with van der Waals surface area (Å²) in [5, 5.41) is 4.77. The molecule has 0 fully saturated rings. The number of ether oxygens (including phenoxy) is 1. The summed E-state index contributed by atoms with van der Waals surface area (Å²) in [6, 6.07) is 12.4. The molecule has 0 saturated carbocycles. The number of rotatable bonds is 8. The molecule has 0 aromatic heterocycles. The molecule has 0 heterocycles. The highest BCUT2D eigenvalue weighted by atomic mass is 35.5. The Morgan fingerprint density at radius 1 is 1.12 bits per heavy atom. The second kappa shape index (κ2) is 10.2. The van der Waals surface area contributed by atoms with Crippen molar-refractivity contribution < 1.29 is 9.53 Å². The van der Waals surface area contributed by atoms with Gasteiger partial charge in [-0.3, -0.25) is 4.79 Å². The molecule has 3 nitrogen and oxygen atoms in total. The molecule has 1 amide bonds. The van der Waals surface area contributed by atoms with Gasteiger partial charge in [0.25, 0.3) is 5.91 Å². The minimum Gasteiger partial charge on any atom is -0.481 e. The van der Waals surface area contributed by atoms with Gasteiger partial charge < -0.3 is 10.1 Å². The van der Waals surface area contributed by atoms with Crippen LogP contribution in [0.3, 0.4) is 0 Å². The summed E-state index contributed by atoms with van der Waals surface area (Å²) in [4.78, 5) is 12.0. The quantitative estimate of drug-likeness (QED) is 0.578. The SMILES string of the molecule is C[C@H](Oc1ccc(Cl)cc1)C(=O)NCCSCc1ccc(Cl)cc1Cl. The van der Waals surface area contributed by atoms with E-state index in [1.54, 1.807) is 49.0 Å². The highest BCUT2D eigenvalue weighted by Gasteiger charge is 2.13. The van der Waals surface area contributed by atoms with Gasteiger partial charge in [0.05, 0.1) is 0 Å². The van der Waals surface area contributed by atoms with Gasteiger partial charge in [-0.2, -0.15) is 11.8 Å². The number of hydrogen-bond acceptors (Lipinski definition) is 3. The van der Waals surface area contributed by atoms with Crippen molar-refractivity contribution in [2.75, 3.05) is 12.3 Å². The molecule has 0 bridgehead atoms. The zero-order chi connectivity index (χ0) is 18.2. The Morgan fingerprint density at radius 2 is 1.80 bits per heavy atom. The van der Waals surface area contributed by atoms with Crippen molar-refractivity contribution in [2.45, 2.75) is 18.8 Å². The molecule has 25 heavy (non-hydrogen) atoms. The van der Waals surface area contributed by atoms with Gasteiger partial charge in [-0.25, -0.2) is 0 Å². The fourth-order valence-electron chi connectivity index (χ4n) is 1.98. The number of carbonyl (C=O) groups excluding carboxylic acids is 1. The molecule has 0 aliphatic heterocycles. The van der Waals surface area contributed by atoms with Gasteiger partial charge in [-0.15, -0.1) is 0 Å². The molecule has 1 atom stereocenters. The largest absolute Gasteiger partial charge is 0.481 e. The van der Waals surface area contributed by atoms with E-state index >= 15 is 0 Å². The Kier molecular flexibility index (Phi) is 8.24. The van der Waals surface area contributed by atoms with Crippen LogP contribution in [0, 0.1) is 0 Å². The molecule has 2 aromatic rings. The molecular weight excluding hydrogens is 401 g/mol. The highest BCUT2D eigenvalue weighted by Crippen LogP contribution is 2.24. The predicted octanol–water partition coefficient (Wildman–Crippen LogP) is 5.46. The lowest BCUT2D eigenvalue weighted by Gasteiger charge is -2.14. The Hall–Kier alpha value is -1.07. The van der Waals surface area contributed by atoms with Gasteiger partial charge in [0, 0.05) is 33.1 Å². The first-order valence-corrected chi connectivity index (χ1v) is 9.96. The zero-order valence-corrected chi connectivity index (χ0v) is 16.7. The molecule has 134 valence electrons. The van der Waals surface area contributed by atoms with Gasteiger partial charge >= 0.3 is 0 Å². The fraction of sp³-hybridized carbons (Fsp3) is 0.278. The molecule has 0 radical (unpaired) electrons. The van der Waals surface area contributed by atoms with Gasteiger partial charge in [0.1, 0.15) is 5.75 Å². The normalized spacial score (nSPS) is 11.8. The van der Waals surface area contributed by atoms with Crippen molar-refractivity contribution in [3.05, 3.63) is 63.1 Å². The molecule has 0 aliphatic carbocycles. The van der Waals surface area contributed by atoms with Crippen molar-refractivity contribution in [3.63, 3.8) is 0 Å². The van der Waals surface area contributed by atoms with E-state index in [0.717, 1.165) is 17.1 Å². The van der Waals surface area contributed by atoms with Crippen LogP contribution < -0.4 is 10.1 Å². The van der Waals surface area contributed by atoms with Crippen LogP contribution in [0.1, 0.15) is 12.5 Å². The standard InChI is InChI=1S/C18H18Cl3NO2S/c1-12(24-16-6-4-14(19)5-7-16)18(23)22-8-9-25-11-13-2-3-15(20)10-17(13)21/h2-7,10,12H,8-9,11H2,1H3,(H,22,23)/t12-/m0/s1. The van der Waals surface area contributed by atoms with Crippen molar-refractivity contribution >= 4 is 52.5 Å². The first-order valence-electron chi connectivity index (χ1n) is 7.67. The summed E-state index contributed by atoms with van der Waals surface area (Å²) in [7, 11) is 0. The molecule has 0 aliphatic rings. The first kappa shape index (κ1) is 20.2. The number of hydrogen-bond donors (Lipinski definition) is 1. The average Bonchev–Trinajstić information content (AvgIpc) is 2.58. The maximum atomic E-state index is 12.0. The molecular formula is C18H18Cl3NO2S. The Balaban J connectivity index is 1.66. The number of thioether (sulfide) groups is 1. The molecule has 0 saturated heterocycles. The zero-order valence-electron chi connectivity index (χ0n) is 13.6. The lowest BCUT2D eigenvalue weighted by molar-refractivity contribution is -0.127. The molecule has 2 rings (SSSR count). The number of carbonyl (C=O) groups is 1. The average molecular weight is 419 g/mol. The van der Waals surface area contributed by atoms with E-state index in [1.807, 2.05) is 12.1 Å². The van der Waals surface area contributed by atoms with Crippen molar-refractivity contribution in [3.8, 4) is 5.75 Å². The second-order valence-electron chi connectivity index (χ2n) is 5.29. The summed E-state index contributed by atoms with van der Waals surface area (Å²) in [6.07, 6.45) is -0.572. The lowest BCUT2D eigenvalue weighted by atomic mass is 10.2. The summed E-state index contributed by atoms with van der Waals surface area (Å²) in [5.74, 6) is 2.00. The Bertz CT molecular complexity index is 710. The van der Waals surface area contributed by atoms with E-state index in [1.165, 1.54) is 0 Å². The molecule has 7 heteroatoms. The topological polar surface area (TPSA) is 38.3 Å². The molecule has 2 aromatic carbocycles. The second-order valence-corrected chi connectivity index (χ2v) is 7.68. The van der Waals surface area contributed by atoms with Crippen molar-refractivity contribution in [1.29, 1.82) is 0 Å². The number of benzene rings is 2. The van der Waals surface area contributed by atoms with E-state index in [0.29, 0.717) is 27.4 Å². The van der Waals surface area contributed by atoms with Crippen LogP contribution in [-0.4, -0.2) is 24.3 Å². The van der Waals surface area contributed by atoms with E-state index in [4.69, 9.17) is 39.5 Å². The van der Waals surface area contributed by atoms with Crippen molar-refractivity contribution in [2.24, 2.45) is 0 Å². The third-order valence-corrected chi connectivity index (χ3v) is 5.16. The van der Waals surface area contributed by atoms with Gasteiger partial charge in [0.15, 0.2) is 6.10 Å². The fourth-order valence-corrected chi connectivity index (χ4v) is 3.52. The van der Waals surface area contributed by atoms with E-state index in [9.17, 15) is 4.79 Å². The number of nitrogens with one attached hydrogen (secondary N) is 1. The van der Waals surface area contributed by atoms with Crippen LogP contribution in [0.2, 0.25) is 15.1 Å². The highest BCUT2D eigenvalue weighted by molar-refractivity contribution is 7.98. The van der Waals surface area contributed by atoms with Crippen molar-refractivity contribution in [1.82, 2.24) is 5.32 Å². The summed E-state index contributed by atoms with van der Waals surface area (Å²) >= 11 is 19.5. The van der Waals surface area contributed by atoms with Crippen LogP contribution in [0.5, 0.6) is 5.75 Å². The van der Waals surface area contributed by atoms with E-state index in [2.05, 4.69) is 5.32 Å². The predicted molar refractivity (Wildman–Crippen MR) is 107 cm³/mol. The monoisotopic (exact) mass is 417 g/mol. The third-order valence-electron chi connectivity index (χ3n) is 3.31. The maximum absolute atomic E-state index is 12.0. The van der Waals surface area contributed by atoms with Crippen LogP contribution in [0.15, 0.2) is 42.5 Å². The van der Waals surface area contributed by atoms with Crippen LogP contribution in [0.4, 0.5) is 0 Å². The molecule has 0 spiro atoms. The Labute approximate surface area is 167 Å². The summed E-state index contributed by atoms with van der Waals surface area (Å²) in [5.41, 5.74) is 1.03. The molecule has 1 N–H and O–H groups in total. The minimum atomic E-state index is -0.572. The number of halogens is 3. The Morgan fingerprint density at radius 3 is 2.48 bits per heavy atom. The molecule has 0 unspecified atom stereocenters. The minimum absolute atomic E-state index is 0.153. The van der Waals surface area contributed by atoms with E-state index in [-0.39, 0.29) is 5.91 Å². The number of amides is 1. The first-order chi connectivity index (χ1) is 12.0. The van der Waals surface area contributed by atoms with Gasteiger partial charge in [-0.1, -0.05) is 40.9 Å². The maximum Gasteiger partial charge on any atom is 0.260 e.